The number of hydrogen-bond acceptors (Lipinski definition) is 4. The summed E-state index contributed by atoms with van der Waals surface area (Å²) in [4.78, 5) is 24.1. The molecule has 0 heterocycles. The van der Waals surface area contributed by atoms with Gasteiger partial charge in [-0.25, -0.2) is 0 Å². The highest BCUT2D eigenvalue weighted by Gasteiger charge is 2.25. The zero-order valence-corrected chi connectivity index (χ0v) is 19.9. The third-order valence-electron chi connectivity index (χ3n) is 5.75. The van der Waals surface area contributed by atoms with Crippen molar-refractivity contribution in [3.8, 4) is 11.8 Å². The van der Waals surface area contributed by atoms with Crippen molar-refractivity contribution in [3.63, 3.8) is 0 Å². The Labute approximate surface area is 206 Å². The molecule has 5 nitrogen and oxygen atoms in total. The van der Waals surface area contributed by atoms with Gasteiger partial charge in [-0.15, -0.1) is 0 Å². The van der Waals surface area contributed by atoms with Gasteiger partial charge in [0.15, 0.2) is 5.78 Å². The molecule has 0 radical (unpaired) electrons. The van der Waals surface area contributed by atoms with E-state index >= 15 is 0 Å². The van der Waals surface area contributed by atoms with Gasteiger partial charge in [0.05, 0.1) is 6.10 Å². The second-order valence-corrected chi connectivity index (χ2v) is 8.53. The number of aryl methyl sites for hydroxylation is 2. The van der Waals surface area contributed by atoms with Gasteiger partial charge < -0.3 is 15.5 Å². The van der Waals surface area contributed by atoms with Crippen molar-refractivity contribution in [1.82, 2.24) is 5.32 Å². The number of carbonyl (C=O) groups is 2. The van der Waals surface area contributed by atoms with Crippen LogP contribution in [0.1, 0.15) is 52.4 Å². The molecule has 5 heteroatoms. The van der Waals surface area contributed by atoms with Gasteiger partial charge in [-0.1, -0.05) is 54.3 Å². The van der Waals surface area contributed by atoms with Crippen LogP contribution in [-0.4, -0.2) is 40.7 Å². The predicted molar refractivity (Wildman–Crippen MR) is 137 cm³/mol. The minimum atomic E-state index is -1.15. The molecular weight excluding hydrogens is 438 g/mol. The molecule has 3 aromatic rings. The van der Waals surface area contributed by atoms with E-state index in [4.69, 9.17) is 5.11 Å². The molecule has 0 fully saturated rings. The molecule has 0 saturated heterocycles. The summed E-state index contributed by atoms with van der Waals surface area (Å²) in [5.41, 5.74) is 4.69. The Morgan fingerprint density at radius 3 is 1.83 bits per heavy atom. The van der Waals surface area contributed by atoms with Crippen molar-refractivity contribution in [2.24, 2.45) is 0 Å². The Hall–Kier alpha value is -3.72. The summed E-state index contributed by atoms with van der Waals surface area (Å²) in [6.45, 7) is 0.634. The van der Waals surface area contributed by atoms with Crippen molar-refractivity contribution in [2.45, 2.75) is 44.8 Å². The third-order valence-corrected chi connectivity index (χ3v) is 5.75. The van der Waals surface area contributed by atoms with Gasteiger partial charge in [0.1, 0.15) is 12.6 Å². The van der Waals surface area contributed by atoms with Crippen LogP contribution in [0.15, 0.2) is 78.9 Å². The van der Waals surface area contributed by atoms with E-state index in [1.54, 1.807) is 24.3 Å². The minimum Gasteiger partial charge on any atom is -0.391 e. The molecule has 1 amide bonds. The lowest BCUT2D eigenvalue weighted by Gasteiger charge is -2.19. The smallest absolute Gasteiger partial charge is 0.251 e. The summed E-state index contributed by atoms with van der Waals surface area (Å²) in [6, 6.07) is 24.4. The lowest BCUT2D eigenvalue weighted by Crippen LogP contribution is -2.48. The maximum atomic E-state index is 12.4. The SMILES string of the molecule is C[C@@H](O)[C@H](NC(=O)c1ccc(C#Cc2ccc(CCCCc3ccccc3)cc2)cc1)C(=O)CO. The number of unbranched alkanes of at least 4 members (excludes halogenated alkanes) is 1. The summed E-state index contributed by atoms with van der Waals surface area (Å²) >= 11 is 0. The van der Waals surface area contributed by atoms with Crippen LogP contribution in [0, 0.1) is 11.8 Å². The van der Waals surface area contributed by atoms with Crippen molar-refractivity contribution in [1.29, 1.82) is 0 Å². The first kappa shape index (κ1) is 25.9. The van der Waals surface area contributed by atoms with Crippen LogP contribution in [0.3, 0.4) is 0 Å². The molecule has 3 N–H and O–H groups in total. The highest BCUT2D eigenvalue weighted by Crippen LogP contribution is 2.11. The molecule has 0 unspecified atom stereocenters. The van der Waals surface area contributed by atoms with Crippen LogP contribution in [0.2, 0.25) is 0 Å². The topological polar surface area (TPSA) is 86.6 Å². The van der Waals surface area contributed by atoms with Crippen molar-refractivity contribution in [3.05, 3.63) is 107 Å². The molecule has 3 aromatic carbocycles. The number of benzene rings is 3. The lowest BCUT2D eigenvalue weighted by atomic mass is 10.0. The second kappa shape index (κ2) is 13.2. The number of hydrogen-bond donors (Lipinski definition) is 3. The number of nitrogens with one attached hydrogen (secondary N) is 1. The average molecular weight is 470 g/mol. The molecule has 35 heavy (non-hydrogen) atoms. The van der Waals surface area contributed by atoms with Crippen LogP contribution in [0.5, 0.6) is 0 Å². The summed E-state index contributed by atoms with van der Waals surface area (Å²) in [5, 5.41) is 21.1. The predicted octanol–water partition coefficient (Wildman–Crippen LogP) is 3.69. The van der Waals surface area contributed by atoms with Gasteiger partial charge in [0.2, 0.25) is 0 Å². The molecule has 0 aliphatic carbocycles. The van der Waals surface area contributed by atoms with Crippen LogP contribution in [0.4, 0.5) is 0 Å². The van der Waals surface area contributed by atoms with E-state index in [2.05, 4.69) is 53.6 Å². The number of carbonyl (C=O) groups excluding carboxylic acids is 2. The Morgan fingerprint density at radius 2 is 1.31 bits per heavy atom. The lowest BCUT2D eigenvalue weighted by molar-refractivity contribution is -0.125. The van der Waals surface area contributed by atoms with E-state index in [-0.39, 0.29) is 0 Å². The molecule has 0 bridgehead atoms. The third kappa shape index (κ3) is 8.22. The van der Waals surface area contributed by atoms with Gasteiger partial charge >= 0.3 is 0 Å². The summed E-state index contributed by atoms with van der Waals surface area (Å²) in [6.07, 6.45) is 3.35. The number of aliphatic hydroxyl groups excluding tert-OH is 2. The van der Waals surface area contributed by atoms with E-state index in [0.717, 1.165) is 36.8 Å². The monoisotopic (exact) mass is 469 g/mol. The summed E-state index contributed by atoms with van der Waals surface area (Å²) < 4.78 is 0. The highest BCUT2D eigenvalue weighted by atomic mass is 16.3. The number of amides is 1. The fraction of sp³-hybridized carbons (Fsp3) is 0.267. The summed E-state index contributed by atoms with van der Waals surface area (Å²) in [5.74, 6) is 5.09. The standard InChI is InChI=1S/C30H31NO4/c1-22(33)29(28(34)21-32)31-30(35)27-19-17-26(18-20-27)16-15-25-13-11-24(12-14-25)10-6-5-9-23-7-3-2-4-8-23/h2-4,7-8,11-14,17-20,22,29,32-33H,5-6,9-10,21H2,1H3,(H,31,35)/t22-,29+/m1/s1. The zero-order valence-electron chi connectivity index (χ0n) is 19.9. The highest BCUT2D eigenvalue weighted by molar-refractivity contribution is 5.98. The molecule has 0 saturated carbocycles. The normalized spacial score (nSPS) is 12.2. The molecule has 0 aromatic heterocycles. The van der Waals surface area contributed by atoms with E-state index in [0.29, 0.717) is 5.56 Å². The van der Waals surface area contributed by atoms with Gasteiger partial charge in [0.25, 0.3) is 5.91 Å². The fourth-order valence-corrected chi connectivity index (χ4v) is 3.70. The van der Waals surface area contributed by atoms with Gasteiger partial charge in [-0.3, -0.25) is 9.59 Å². The molecule has 180 valence electrons. The fourth-order valence-electron chi connectivity index (χ4n) is 3.70. The first-order valence-electron chi connectivity index (χ1n) is 11.8. The molecule has 3 rings (SSSR count). The number of Topliss-reactive ketones (excluding diaryl/α,β-unsaturated/α-hetero) is 1. The van der Waals surface area contributed by atoms with E-state index in [9.17, 15) is 14.7 Å². The minimum absolute atomic E-state index is 0.337. The largest absolute Gasteiger partial charge is 0.391 e. The van der Waals surface area contributed by atoms with Gasteiger partial charge in [0, 0.05) is 16.7 Å². The molecular formula is C30H31NO4. The van der Waals surface area contributed by atoms with Gasteiger partial charge in [-0.2, -0.15) is 0 Å². The van der Waals surface area contributed by atoms with Crippen LogP contribution >= 0.6 is 0 Å². The first-order valence-corrected chi connectivity index (χ1v) is 11.8. The Balaban J connectivity index is 1.50. The Kier molecular flexibility index (Phi) is 9.80. The molecule has 0 aliphatic heterocycles. The summed E-state index contributed by atoms with van der Waals surface area (Å²) in [7, 11) is 0. The molecule has 0 aliphatic rings. The van der Waals surface area contributed by atoms with Crippen LogP contribution in [-0.2, 0) is 17.6 Å². The number of aliphatic hydroxyl groups is 2. The van der Waals surface area contributed by atoms with Crippen LogP contribution < -0.4 is 5.32 Å². The second-order valence-electron chi connectivity index (χ2n) is 8.53. The number of ketones is 1. The molecule has 2 atom stereocenters. The first-order chi connectivity index (χ1) is 17.0. The van der Waals surface area contributed by atoms with E-state index < -0.39 is 30.4 Å². The maximum Gasteiger partial charge on any atom is 0.251 e. The van der Waals surface area contributed by atoms with Gasteiger partial charge in [-0.05, 0) is 80.1 Å². The Morgan fingerprint density at radius 1 is 0.800 bits per heavy atom. The maximum absolute atomic E-state index is 12.4. The number of rotatable bonds is 10. The van der Waals surface area contributed by atoms with E-state index in [1.807, 2.05) is 18.2 Å². The van der Waals surface area contributed by atoms with Crippen molar-refractivity contribution >= 4 is 11.7 Å². The Bertz CT molecular complexity index is 1160. The quantitative estimate of drug-likeness (QED) is 0.312. The van der Waals surface area contributed by atoms with E-state index in [1.165, 1.54) is 18.1 Å². The van der Waals surface area contributed by atoms with Crippen molar-refractivity contribution < 1.29 is 19.8 Å². The van der Waals surface area contributed by atoms with Crippen LogP contribution in [0.25, 0.3) is 0 Å². The average Bonchev–Trinajstić information content (AvgIpc) is 2.89. The zero-order chi connectivity index (χ0) is 25.0. The molecule has 0 spiro atoms. The van der Waals surface area contributed by atoms with Crippen molar-refractivity contribution in [2.75, 3.05) is 6.61 Å².